The number of nitrogens with one attached hydrogen (secondary N) is 1. The van der Waals surface area contributed by atoms with Crippen molar-refractivity contribution < 1.29 is 9.90 Å². The van der Waals surface area contributed by atoms with Gasteiger partial charge in [0.25, 0.3) is 0 Å². The minimum absolute atomic E-state index is 0.244. The number of carboxylic acids is 1. The van der Waals surface area contributed by atoms with Gasteiger partial charge in [0.15, 0.2) is 0 Å². The number of benzene rings is 1. The summed E-state index contributed by atoms with van der Waals surface area (Å²) in [5, 5.41) is 12.5. The first-order valence-electron chi connectivity index (χ1n) is 8.60. The van der Waals surface area contributed by atoms with E-state index in [0.717, 1.165) is 17.2 Å². The van der Waals surface area contributed by atoms with Crippen LogP contribution in [0.4, 0.5) is 17.5 Å². The lowest BCUT2D eigenvalue weighted by atomic mass is 9.97. The van der Waals surface area contributed by atoms with E-state index >= 15 is 0 Å². The monoisotopic (exact) mass is 340 g/mol. The van der Waals surface area contributed by atoms with Crippen LogP contribution in [0, 0.1) is 26.7 Å². The van der Waals surface area contributed by atoms with Crippen LogP contribution in [0.2, 0.25) is 0 Å². The van der Waals surface area contributed by atoms with Crippen LogP contribution in [0.5, 0.6) is 0 Å². The number of aryl methyl sites for hydroxylation is 2. The van der Waals surface area contributed by atoms with Gasteiger partial charge >= 0.3 is 5.97 Å². The summed E-state index contributed by atoms with van der Waals surface area (Å²) in [6.07, 6.45) is 1.30. The minimum atomic E-state index is -0.698. The molecule has 0 spiro atoms. The van der Waals surface area contributed by atoms with E-state index in [4.69, 9.17) is 5.11 Å². The molecule has 0 radical (unpaired) electrons. The predicted octanol–water partition coefficient (Wildman–Crippen LogP) is 3.45. The summed E-state index contributed by atoms with van der Waals surface area (Å²) in [5.74, 6) is 0.482. The Bertz CT molecular complexity index is 783. The van der Waals surface area contributed by atoms with E-state index < -0.39 is 5.97 Å². The van der Waals surface area contributed by atoms with Crippen LogP contribution >= 0.6 is 0 Å². The second kappa shape index (κ2) is 7.09. The van der Waals surface area contributed by atoms with Gasteiger partial charge in [0, 0.05) is 30.5 Å². The number of rotatable bonds is 4. The smallest absolute Gasteiger partial charge is 0.306 e. The number of hydrogen-bond donors (Lipinski definition) is 2. The molecule has 2 N–H and O–H groups in total. The average molecular weight is 340 g/mol. The van der Waals surface area contributed by atoms with E-state index in [1.54, 1.807) is 0 Å². The summed E-state index contributed by atoms with van der Waals surface area (Å²) in [6, 6.07) is 8.06. The van der Waals surface area contributed by atoms with Gasteiger partial charge in [0.1, 0.15) is 5.82 Å². The highest BCUT2D eigenvalue weighted by Crippen LogP contribution is 2.25. The average Bonchev–Trinajstić information content (AvgIpc) is 2.58. The van der Waals surface area contributed by atoms with Gasteiger partial charge in [0.05, 0.1) is 5.92 Å². The second-order valence-corrected chi connectivity index (χ2v) is 6.66. The molecule has 1 aromatic carbocycles. The Morgan fingerprint density at radius 1 is 1.20 bits per heavy atom. The van der Waals surface area contributed by atoms with E-state index in [9.17, 15) is 4.79 Å². The number of piperidine rings is 1. The van der Waals surface area contributed by atoms with Crippen LogP contribution in [-0.2, 0) is 4.79 Å². The molecule has 2 aromatic rings. The summed E-state index contributed by atoms with van der Waals surface area (Å²) in [4.78, 5) is 22.4. The van der Waals surface area contributed by atoms with Crippen LogP contribution in [0.3, 0.4) is 0 Å². The fourth-order valence-electron chi connectivity index (χ4n) is 3.13. The molecule has 6 nitrogen and oxygen atoms in total. The van der Waals surface area contributed by atoms with Crippen molar-refractivity contribution in [3.63, 3.8) is 0 Å². The van der Waals surface area contributed by atoms with Crippen molar-refractivity contribution in [2.45, 2.75) is 33.6 Å². The van der Waals surface area contributed by atoms with Crippen LogP contribution in [0.1, 0.15) is 29.7 Å². The Labute approximate surface area is 147 Å². The van der Waals surface area contributed by atoms with Crippen molar-refractivity contribution in [1.29, 1.82) is 0 Å². The molecule has 0 aliphatic carbocycles. The van der Waals surface area contributed by atoms with Crippen molar-refractivity contribution >= 4 is 23.4 Å². The Morgan fingerprint density at radius 3 is 2.60 bits per heavy atom. The van der Waals surface area contributed by atoms with Crippen LogP contribution < -0.4 is 10.2 Å². The highest BCUT2D eigenvalue weighted by Gasteiger charge is 2.25. The molecule has 0 unspecified atom stereocenters. The van der Waals surface area contributed by atoms with Crippen LogP contribution in [-0.4, -0.2) is 34.1 Å². The van der Waals surface area contributed by atoms with Crippen LogP contribution in [0.15, 0.2) is 24.3 Å². The van der Waals surface area contributed by atoms with Gasteiger partial charge in [0.2, 0.25) is 5.95 Å². The maximum atomic E-state index is 11.1. The van der Waals surface area contributed by atoms with Gasteiger partial charge in [-0.25, -0.2) is 4.98 Å². The largest absolute Gasteiger partial charge is 0.481 e. The molecule has 1 fully saturated rings. The lowest BCUT2D eigenvalue weighted by molar-refractivity contribution is -0.142. The second-order valence-electron chi connectivity index (χ2n) is 6.66. The van der Waals surface area contributed by atoms with Gasteiger partial charge in [-0.15, -0.1) is 0 Å². The molecule has 1 aromatic heterocycles. The molecule has 0 amide bonds. The number of aromatic nitrogens is 2. The summed E-state index contributed by atoms with van der Waals surface area (Å²) in [5.41, 5.74) is 4.28. The zero-order valence-electron chi connectivity index (χ0n) is 14.9. The third-order valence-electron chi connectivity index (χ3n) is 4.86. The number of hydrogen-bond acceptors (Lipinski definition) is 5. The van der Waals surface area contributed by atoms with Crippen molar-refractivity contribution in [2.75, 3.05) is 23.3 Å². The lowest BCUT2D eigenvalue weighted by Gasteiger charge is -2.31. The third-order valence-corrected chi connectivity index (χ3v) is 4.86. The molecule has 132 valence electrons. The summed E-state index contributed by atoms with van der Waals surface area (Å²) >= 11 is 0. The Hall–Kier alpha value is -2.63. The molecule has 1 aliphatic heterocycles. The zero-order chi connectivity index (χ0) is 18.0. The maximum Gasteiger partial charge on any atom is 0.306 e. The molecule has 6 heteroatoms. The number of carboxylic acid groups (broad SMARTS) is 1. The van der Waals surface area contributed by atoms with Gasteiger partial charge in [-0.2, -0.15) is 4.98 Å². The first-order valence-corrected chi connectivity index (χ1v) is 8.60. The van der Waals surface area contributed by atoms with Crippen molar-refractivity contribution in [3.05, 3.63) is 41.1 Å². The van der Waals surface area contributed by atoms with Crippen LogP contribution in [0.25, 0.3) is 0 Å². The SMILES string of the molecule is Cc1cc(N2CCC(C(=O)O)CC2)nc(Nc2cccc(C)c2C)n1. The van der Waals surface area contributed by atoms with Crippen molar-refractivity contribution in [1.82, 2.24) is 9.97 Å². The topological polar surface area (TPSA) is 78.4 Å². The van der Waals surface area contributed by atoms with Crippen molar-refractivity contribution in [2.24, 2.45) is 5.92 Å². The minimum Gasteiger partial charge on any atom is -0.481 e. The maximum absolute atomic E-state index is 11.1. The summed E-state index contributed by atoms with van der Waals surface area (Å²) in [7, 11) is 0. The lowest BCUT2D eigenvalue weighted by Crippen LogP contribution is -2.36. The van der Waals surface area contributed by atoms with Gasteiger partial charge in [-0.3, -0.25) is 4.79 Å². The fraction of sp³-hybridized carbons (Fsp3) is 0.421. The highest BCUT2D eigenvalue weighted by atomic mass is 16.4. The number of anilines is 3. The Kier molecular flexibility index (Phi) is 4.88. The Morgan fingerprint density at radius 2 is 1.92 bits per heavy atom. The number of nitrogens with zero attached hydrogens (tertiary/aromatic N) is 3. The molecule has 1 aliphatic rings. The van der Waals surface area contributed by atoms with E-state index in [1.165, 1.54) is 11.1 Å². The third kappa shape index (κ3) is 3.90. The molecular weight excluding hydrogens is 316 g/mol. The molecule has 0 atom stereocenters. The number of aliphatic carboxylic acids is 1. The zero-order valence-corrected chi connectivity index (χ0v) is 14.9. The number of carbonyl (C=O) groups is 1. The molecule has 0 saturated carbocycles. The van der Waals surface area contributed by atoms with E-state index in [2.05, 4.69) is 40.1 Å². The van der Waals surface area contributed by atoms with Gasteiger partial charge < -0.3 is 15.3 Å². The van der Waals surface area contributed by atoms with Gasteiger partial charge in [-0.05, 0) is 50.8 Å². The van der Waals surface area contributed by atoms with Gasteiger partial charge in [-0.1, -0.05) is 12.1 Å². The Balaban J connectivity index is 1.79. The first kappa shape index (κ1) is 17.2. The molecule has 1 saturated heterocycles. The van der Waals surface area contributed by atoms with Crippen molar-refractivity contribution in [3.8, 4) is 0 Å². The first-order chi connectivity index (χ1) is 11.9. The predicted molar refractivity (Wildman–Crippen MR) is 98.5 cm³/mol. The van der Waals surface area contributed by atoms with E-state index in [0.29, 0.717) is 31.9 Å². The molecule has 25 heavy (non-hydrogen) atoms. The summed E-state index contributed by atoms with van der Waals surface area (Å²) in [6.45, 7) is 7.51. The molecule has 0 bridgehead atoms. The molecule has 3 rings (SSSR count). The standard InChI is InChI=1S/C19H24N4O2/c1-12-5-4-6-16(14(12)3)21-19-20-13(2)11-17(22-19)23-9-7-15(8-10-23)18(24)25/h4-6,11,15H,7-10H2,1-3H3,(H,24,25)(H,20,21,22). The molecular formula is C19H24N4O2. The normalized spacial score (nSPS) is 15.2. The summed E-state index contributed by atoms with van der Waals surface area (Å²) < 4.78 is 0. The van der Waals surface area contributed by atoms with E-state index in [-0.39, 0.29) is 5.92 Å². The molecule has 2 heterocycles. The van der Waals surface area contributed by atoms with E-state index in [1.807, 2.05) is 25.1 Å². The highest BCUT2D eigenvalue weighted by molar-refractivity contribution is 5.70. The quantitative estimate of drug-likeness (QED) is 0.887. The fourth-order valence-corrected chi connectivity index (χ4v) is 3.13.